The summed E-state index contributed by atoms with van der Waals surface area (Å²) >= 11 is 0. The Morgan fingerprint density at radius 1 is 1.03 bits per heavy atom. The average Bonchev–Trinajstić information content (AvgIpc) is 2.80. The van der Waals surface area contributed by atoms with E-state index >= 15 is 0 Å². The molecule has 0 bridgehead atoms. The highest BCUT2D eigenvalue weighted by atomic mass is 16.2. The first-order valence-electron chi connectivity index (χ1n) is 11.5. The Bertz CT molecular complexity index is 853. The number of nitrogens with zero attached hydrogens (tertiary/aromatic N) is 2. The van der Waals surface area contributed by atoms with Gasteiger partial charge in [-0.1, -0.05) is 80.8 Å². The standard InChI is InChI=1S/C26H35N3O2/c1-3-4-5-11-17-28(26(31)27-19-22-12-7-6-8-13-22)20-25(30)29-18-16-23-14-9-10-15-24(23)21(29)2/h6-10,12-15,21H,3-5,11,16-20H2,1-2H3,(H,27,31). The van der Waals surface area contributed by atoms with E-state index in [9.17, 15) is 9.59 Å². The molecule has 0 fully saturated rings. The zero-order valence-electron chi connectivity index (χ0n) is 18.8. The van der Waals surface area contributed by atoms with Crippen LogP contribution in [0.2, 0.25) is 0 Å². The molecule has 166 valence electrons. The van der Waals surface area contributed by atoms with E-state index in [0.717, 1.165) is 37.7 Å². The summed E-state index contributed by atoms with van der Waals surface area (Å²) in [5.41, 5.74) is 3.58. The Morgan fingerprint density at radius 2 is 1.77 bits per heavy atom. The van der Waals surface area contributed by atoms with Crippen LogP contribution in [0.1, 0.15) is 62.3 Å². The van der Waals surface area contributed by atoms with E-state index in [1.54, 1.807) is 4.90 Å². The fourth-order valence-corrected chi connectivity index (χ4v) is 4.23. The Morgan fingerprint density at radius 3 is 2.55 bits per heavy atom. The van der Waals surface area contributed by atoms with E-state index in [2.05, 4.69) is 37.4 Å². The third-order valence-corrected chi connectivity index (χ3v) is 6.10. The molecule has 0 aromatic heterocycles. The molecule has 1 unspecified atom stereocenters. The van der Waals surface area contributed by atoms with Crippen molar-refractivity contribution in [3.63, 3.8) is 0 Å². The summed E-state index contributed by atoms with van der Waals surface area (Å²) in [6.07, 6.45) is 5.14. The normalized spacial score (nSPS) is 15.3. The second kappa shape index (κ2) is 11.5. The Labute approximate surface area is 186 Å². The molecule has 1 aliphatic heterocycles. The van der Waals surface area contributed by atoms with Crippen molar-refractivity contribution in [2.75, 3.05) is 19.6 Å². The zero-order valence-corrected chi connectivity index (χ0v) is 18.8. The summed E-state index contributed by atoms with van der Waals surface area (Å²) in [5, 5.41) is 2.99. The van der Waals surface area contributed by atoms with Gasteiger partial charge >= 0.3 is 6.03 Å². The number of hydrogen-bond donors (Lipinski definition) is 1. The van der Waals surface area contributed by atoms with E-state index in [4.69, 9.17) is 0 Å². The van der Waals surface area contributed by atoms with Crippen molar-refractivity contribution in [1.82, 2.24) is 15.1 Å². The lowest BCUT2D eigenvalue weighted by Gasteiger charge is -2.36. The van der Waals surface area contributed by atoms with E-state index in [0.29, 0.717) is 19.6 Å². The highest BCUT2D eigenvalue weighted by Gasteiger charge is 2.29. The van der Waals surface area contributed by atoms with Gasteiger partial charge in [-0.25, -0.2) is 4.79 Å². The van der Waals surface area contributed by atoms with Gasteiger partial charge in [0.1, 0.15) is 6.54 Å². The molecule has 1 N–H and O–H groups in total. The largest absolute Gasteiger partial charge is 0.334 e. The molecule has 2 aromatic rings. The minimum atomic E-state index is -0.168. The molecule has 0 radical (unpaired) electrons. The first-order valence-corrected chi connectivity index (χ1v) is 11.5. The van der Waals surface area contributed by atoms with Crippen LogP contribution in [0, 0.1) is 0 Å². The number of carbonyl (C=O) groups excluding carboxylic acids is 2. The minimum absolute atomic E-state index is 0.0207. The van der Waals surface area contributed by atoms with Crippen LogP contribution in [0.4, 0.5) is 4.79 Å². The van der Waals surface area contributed by atoms with Crippen molar-refractivity contribution in [2.45, 2.75) is 58.5 Å². The Balaban J connectivity index is 1.62. The molecule has 0 saturated heterocycles. The quantitative estimate of drug-likeness (QED) is 0.584. The monoisotopic (exact) mass is 421 g/mol. The number of fused-ring (bicyclic) bond motifs is 1. The number of nitrogens with one attached hydrogen (secondary N) is 1. The topological polar surface area (TPSA) is 52.7 Å². The molecule has 5 nitrogen and oxygen atoms in total. The first-order chi connectivity index (χ1) is 15.1. The molecule has 5 heteroatoms. The first kappa shape index (κ1) is 22.9. The maximum atomic E-state index is 13.2. The lowest BCUT2D eigenvalue weighted by atomic mass is 9.93. The summed E-state index contributed by atoms with van der Waals surface area (Å²) in [6, 6.07) is 18.1. The smallest absolute Gasteiger partial charge is 0.318 e. The average molecular weight is 422 g/mol. The van der Waals surface area contributed by atoms with Gasteiger partial charge in [-0.2, -0.15) is 0 Å². The van der Waals surface area contributed by atoms with Gasteiger partial charge in [-0.15, -0.1) is 0 Å². The number of amides is 3. The van der Waals surface area contributed by atoms with Gasteiger partial charge in [0, 0.05) is 19.6 Å². The summed E-state index contributed by atoms with van der Waals surface area (Å²) < 4.78 is 0. The SMILES string of the molecule is CCCCCCN(CC(=O)N1CCc2ccccc2C1C)C(=O)NCc1ccccc1. The van der Waals surface area contributed by atoms with E-state index < -0.39 is 0 Å². The fraction of sp³-hybridized carbons (Fsp3) is 0.462. The van der Waals surface area contributed by atoms with Gasteiger partial charge < -0.3 is 15.1 Å². The Hall–Kier alpha value is -2.82. The molecule has 3 amide bonds. The van der Waals surface area contributed by atoms with Crippen molar-refractivity contribution in [3.05, 3.63) is 71.3 Å². The molecular formula is C26H35N3O2. The van der Waals surface area contributed by atoms with Crippen molar-refractivity contribution in [2.24, 2.45) is 0 Å². The predicted molar refractivity (Wildman–Crippen MR) is 125 cm³/mol. The van der Waals surface area contributed by atoms with E-state index in [1.165, 1.54) is 11.1 Å². The minimum Gasteiger partial charge on any atom is -0.334 e. The second-order valence-electron chi connectivity index (χ2n) is 8.34. The number of unbranched alkanes of at least 4 members (excludes halogenated alkanes) is 3. The number of rotatable bonds is 9. The molecule has 1 atom stereocenters. The van der Waals surface area contributed by atoms with Gasteiger partial charge in [0.2, 0.25) is 5.91 Å². The van der Waals surface area contributed by atoms with Crippen LogP contribution in [0.5, 0.6) is 0 Å². The Kier molecular flexibility index (Phi) is 8.51. The lowest BCUT2D eigenvalue weighted by molar-refractivity contribution is -0.134. The molecule has 2 aromatic carbocycles. The van der Waals surface area contributed by atoms with Crippen LogP contribution in [-0.2, 0) is 17.8 Å². The van der Waals surface area contributed by atoms with Gasteiger partial charge in [-0.05, 0) is 36.5 Å². The van der Waals surface area contributed by atoms with Crippen molar-refractivity contribution in [3.8, 4) is 0 Å². The zero-order chi connectivity index (χ0) is 22.1. The predicted octanol–water partition coefficient (Wildman–Crippen LogP) is 4.92. The van der Waals surface area contributed by atoms with E-state index in [1.807, 2.05) is 41.3 Å². The van der Waals surface area contributed by atoms with Gasteiger partial charge in [0.15, 0.2) is 0 Å². The van der Waals surface area contributed by atoms with Gasteiger partial charge in [-0.3, -0.25) is 4.79 Å². The molecule has 31 heavy (non-hydrogen) atoms. The summed E-state index contributed by atoms with van der Waals surface area (Å²) in [4.78, 5) is 29.7. The summed E-state index contributed by atoms with van der Waals surface area (Å²) in [5.74, 6) is 0.0207. The third-order valence-electron chi connectivity index (χ3n) is 6.10. The number of benzene rings is 2. The van der Waals surface area contributed by atoms with Crippen LogP contribution in [0.3, 0.4) is 0 Å². The van der Waals surface area contributed by atoms with Gasteiger partial charge in [0.05, 0.1) is 6.04 Å². The van der Waals surface area contributed by atoms with E-state index in [-0.39, 0.29) is 24.5 Å². The second-order valence-corrected chi connectivity index (χ2v) is 8.34. The summed E-state index contributed by atoms with van der Waals surface area (Å²) in [7, 11) is 0. The van der Waals surface area contributed by atoms with Crippen molar-refractivity contribution in [1.29, 1.82) is 0 Å². The number of hydrogen-bond acceptors (Lipinski definition) is 2. The molecule has 1 aliphatic rings. The van der Waals surface area contributed by atoms with Crippen LogP contribution >= 0.6 is 0 Å². The van der Waals surface area contributed by atoms with Crippen molar-refractivity contribution < 1.29 is 9.59 Å². The molecule has 1 heterocycles. The highest BCUT2D eigenvalue weighted by molar-refractivity contribution is 5.84. The highest BCUT2D eigenvalue weighted by Crippen LogP contribution is 2.29. The fourth-order valence-electron chi connectivity index (χ4n) is 4.23. The maximum absolute atomic E-state index is 13.2. The van der Waals surface area contributed by atoms with Crippen LogP contribution in [-0.4, -0.2) is 41.4 Å². The van der Waals surface area contributed by atoms with Crippen LogP contribution in [0.25, 0.3) is 0 Å². The number of urea groups is 1. The maximum Gasteiger partial charge on any atom is 0.318 e. The summed E-state index contributed by atoms with van der Waals surface area (Å²) in [6.45, 7) is 6.14. The van der Waals surface area contributed by atoms with Crippen LogP contribution < -0.4 is 5.32 Å². The molecular weight excluding hydrogens is 386 g/mol. The lowest BCUT2D eigenvalue weighted by Crippen LogP contribution is -2.48. The molecule has 0 spiro atoms. The molecule has 3 rings (SSSR count). The number of carbonyl (C=O) groups is 2. The van der Waals surface area contributed by atoms with Gasteiger partial charge in [0.25, 0.3) is 0 Å². The van der Waals surface area contributed by atoms with Crippen molar-refractivity contribution >= 4 is 11.9 Å². The third kappa shape index (κ3) is 6.33. The molecule has 0 saturated carbocycles. The van der Waals surface area contributed by atoms with Crippen LogP contribution in [0.15, 0.2) is 54.6 Å². The molecule has 0 aliphatic carbocycles.